The zero-order valence-corrected chi connectivity index (χ0v) is 11.8. The molecule has 1 aliphatic rings. The molecular weight excluding hydrogens is 287 g/mol. The molecule has 0 spiro atoms. The summed E-state index contributed by atoms with van der Waals surface area (Å²) >= 11 is 0. The minimum Gasteiger partial charge on any atom is -0.369 e. The van der Waals surface area contributed by atoms with E-state index in [-0.39, 0.29) is 29.2 Å². The molecule has 1 aromatic carbocycles. The number of likely N-dealkylation sites (tertiary alicyclic amines) is 1. The Morgan fingerprint density at radius 1 is 1.23 bits per heavy atom. The van der Waals surface area contributed by atoms with Crippen LogP contribution in [0.4, 0.5) is 4.39 Å². The molecule has 1 unspecified atom stereocenters. The molecule has 6 nitrogen and oxygen atoms in total. The highest BCUT2D eigenvalue weighted by atomic mass is 19.1. The molecule has 1 fully saturated rings. The van der Waals surface area contributed by atoms with E-state index in [0.29, 0.717) is 25.2 Å². The van der Waals surface area contributed by atoms with Crippen LogP contribution in [-0.2, 0) is 4.79 Å². The fourth-order valence-electron chi connectivity index (χ4n) is 2.51. The fourth-order valence-corrected chi connectivity index (χ4v) is 2.51. The first-order valence-corrected chi connectivity index (χ1v) is 6.95. The van der Waals surface area contributed by atoms with E-state index in [1.165, 1.54) is 16.8 Å². The SMILES string of the molecule is NC(=O)C1CCN(C(=O)c2ccn(-c3ccc(F)cc3)n2)C1. The Bertz CT molecular complexity index is 711. The lowest BCUT2D eigenvalue weighted by atomic mass is 10.1. The van der Waals surface area contributed by atoms with Gasteiger partial charge in [-0.3, -0.25) is 9.59 Å². The second kappa shape index (κ2) is 5.59. The van der Waals surface area contributed by atoms with Crippen LogP contribution >= 0.6 is 0 Å². The maximum absolute atomic E-state index is 12.9. The predicted octanol–water partition coefficient (Wildman–Crippen LogP) is 0.959. The summed E-state index contributed by atoms with van der Waals surface area (Å²) in [6.45, 7) is 0.827. The van der Waals surface area contributed by atoms with Gasteiger partial charge in [-0.25, -0.2) is 9.07 Å². The summed E-state index contributed by atoms with van der Waals surface area (Å²) in [4.78, 5) is 25.1. The summed E-state index contributed by atoms with van der Waals surface area (Å²) < 4.78 is 14.4. The zero-order chi connectivity index (χ0) is 15.7. The van der Waals surface area contributed by atoms with Crippen molar-refractivity contribution in [3.05, 3.63) is 48.0 Å². The molecule has 0 radical (unpaired) electrons. The number of nitrogens with two attached hydrogens (primary N) is 1. The molecule has 1 saturated heterocycles. The fraction of sp³-hybridized carbons (Fsp3) is 0.267. The van der Waals surface area contributed by atoms with Crippen molar-refractivity contribution < 1.29 is 14.0 Å². The third-order valence-corrected chi connectivity index (χ3v) is 3.78. The number of carbonyl (C=O) groups is 2. The smallest absolute Gasteiger partial charge is 0.274 e. The third-order valence-electron chi connectivity index (χ3n) is 3.78. The van der Waals surface area contributed by atoms with Crippen molar-refractivity contribution in [2.24, 2.45) is 11.7 Å². The van der Waals surface area contributed by atoms with E-state index in [0.717, 1.165) is 0 Å². The molecule has 2 aromatic rings. The van der Waals surface area contributed by atoms with Crippen molar-refractivity contribution in [3.8, 4) is 5.69 Å². The van der Waals surface area contributed by atoms with Gasteiger partial charge in [-0.15, -0.1) is 0 Å². The van der Waals surface area contributed by atoms with E-state index in [1.54, 1.807) is 29.3 Å². The summed E-state index contributed by atoms with van der Waals surface area (Å²) in [5.74, 6) is -1.23. The van der Waals surface area contributed by atoms with Crippen molar-refractivity contribution >= 4 is 11.8 Å². The van der Waals surface area contributed by atoms with Crippen molar-refractivity contribution in [2.75, 3.05) is 13.1 Å². The van der Waals surface area contributed by atoms with Crippen LogP contribution in [-0.4, -0.2) is 39.6 Å². The summed E-state index contributed by atoms with van der Waals surface area (Å²) in [6.07, 6.45) is 2.22. The maximum Gasteiger partial charge on any atom is 0.274 e. The quantitative estimate of drug-likeness (QED) is 0.917. The van der Waals surface area contributed by atoms with Crippen molar-refractivity contribution in [1.29, 1.82) is 0 Å². The van der Waals surface area contributed by atoms with Crippen LogP contribution in [0.25, 0.3) is 5.69 Å². The predicted molar refractivity (Wildman–Crippen MR) is 76.7 cm³/mol. The number of rotatable bonds is 3. The highest BCUT2D eigenvalue weighted by molar-refractivity contribution is 5.93. The molecule has 3 rings (SSSR count). The molecule has 2 amide bonds. The molecule has 7 heteroatoms. The van der Waals surface area contributed by atoms with E-state index in [1.807, 2.05) is 0 Å². The zero-order valence-electron chi connectivity index (χ0n) is 11.8. The molecule has 114 valence electrons. The molecule has 2 N–H and O–H groups in total. The molecule has 0 saturated carbocycles. The van der Waals surface area contributed by atoms with E-state index < -0.39 is 0 Å². The van der Waals surface area contributed by atoms with Gasteiger partial charge in [0.2, 0.25) is 5.91 Å². The Kier molecular flexibility index (Phi) is 3.62. The van der Waals surface area contributed by atoms with Crippen LogP contribution in [0.15, 0.2) is 36.5 Å². The minimum absolute atomic E-state index is 0.232. The number of aromatic nitrogens is 2. The van der Waals surface area contributed by atoms with Crippen molar-refractivity contribution in [3.63, 3.8) is 0 Å². The van der Waals surface area contributed by atoms with Gasteiger partial charge < -0.3 is 10.6 Å². The summed E-state index contributed by atoms with van der Waals surface area (Å²) in [5, 5.41) is 4.21. The van der Waals surface area contributed by atoms with Gasteiger partial charge in [0.25, 0.3) is 5.91 Å². The van der Waals surface area contributed by atoms with Crippen LogP contribution in [0, 0.1) is 11.7 Å². The third kappa shape index (κ3) is 2.69. The highest BCUT2D eigenvalue weighted by Crippen LogP contribution is 2.18. The lowest BCUT2D eigenvalue weighted by Crippen LogP contribution is -2.32. The number of hydrogen-bond acceptors (Lipinski definition) is 3. The van der Waals surface area contributed by atoms with Gasteiger partial charge >= 0.3 is 0 Å². The standard InChI is InChI=1S/C15H15FN4O2/c16-11-1-3-12(4-2-11)20-8-6-13(18-20)15(22)19-7-5-10(9-19)14(17)21/h1-4,6,8,10H,5,7,9H2,(H2,17,21). The second-order valence-electron chi connectivity index (χ2n) is 5.26. The Balaban J connectivity index is 1.75. The number of hydrogen-bond donors (Lipinski definition) is 1. The Morgan fingerprint density at radius 2 is 1.95 bits per heavy atom. The van der Waals surface area contributed by atoms with Crippen molar-refractivity contribution in [1.82, 2.24) is 14.7 Å². The first kappa shape index (κ1) is 14.2. The van der Waals surface area contributed by atoms with Crippen molar-refractivity contribution in [2.45, 2.75) is 6.42 Å². The van der Waals surface area contributed by atoms with Gasteiger partial charge in [0, 0.05) is 19.3 Å². The average molecular weight is 302 g/mol. The van der Waals surface area contributed by atoms with Gasteiger partial charge in [0.05, 0.1) is 11.6 Å². The topological polar surface area (TPSA) is 81.2 Å². The summed E-state index contributed by atoms with van der Waals surface area (Å²) in [6, 6.07) is 7.42. The van der Waals surface area contributed by atoms with E-state index in [4.69, 9.17) is 5.73 Å². The van der Waals surface area contributed by atoms with Crippen LogP contribution in [0.2, 0.25) is 0 Å². The molecule has 0 bridgehead atoms. The maximum atomic E-state index is 12.9. The molecule has 1 atom stereocenters. The Labute approximate surface area is 126 Å². The van der Waals surface area contributed by atoms with Crippen LogP contribution in [0.5, 0.6) is 0 Å². The lowest BCUT2D eigenvalue weighted by molar-refractivity contribution is -0.121. The van der Waals surface area contributed by atoms with Crippen LogP contribution in [0.1, 0.15) is 16.9 Å². The number of halogens is 1. The van der Waals surface area contributed by atoms with E-state index in [2.05, 4.69) is 5.10 Å². The summed E-state index contributed by atoms with van der Waals surface area (Å²) in [5.41, 5.74) is 6.21. The number of nitrogens with zero attached hydrogens (tertiary/aromatic N) is 3. The lowest BCUT2D eigenvalue weighted by Gasteiger charge is -2.14. The monoisotopic (exact) mass is 302 g/mol. The van der Waals surface area contributed by atoms with Crippen LogP contribution in [0.3, 0.4) is 0 Å². The van der Waals surface area contributed by atoms with E-state index >= 15 is 0 Å². The number of amides is 2. The number of benzene rings is 1. The number of primary amides is 1. The minimum atomic E-state index is -0.382. The average Bonchev–Trinajstić information content (AvgIpc) is 3.17. The summed E-state index contributed by atoms with van der Waals surface area (Å²) in [7, 11) is 0. The molecule has 2 heterocycles. The first-order valence-electron chi connectivity index (χ1n) is 6.95. The molecular formula is C15H15FN4O2. The number of carbonyl (C=O) groups excluding carboxylic acids is 2. The highest BCUT2D eigenvalue weighted by Gasteiger charge is 2.31. The van der Waals surface area contributed by atoms with Gasteiger partial charge in [-0.1, -0.05) is 0 Å². The first-order chi connectivity index (χ1) is 10.5. The van der Waals surface area contributed by atoms with Gasteiger partial charge in [-0.2, -0.15) is 5.10 Å². The normalized spacial score (nSPS) is 17.7. The van der Waals surface area contributed by atoms with Gasteiger partial charge in [0.15, 0.2) is 5.69 Å². The molecule has 1 aromatic heterocycles. The molecule has 0 aliphatic carbocycles. The van der Waals surface area contributed by atoms with Crippen LogP contribution < -0.4 is 5.73 Å². The van der Waals surface area contributed by atoms with Gasteiger partial charge in [-0.05, 0) is 36.8 Å². The van der Waals surface area contributed by atoms with Gasteiger partial charge in [0.1, 0.15) is 5.82 Å². The molecule has 22 heavy (non-hydrogen) atoms. The largest absolute Gasteiger partial charge is 0.369 e. The Morgan fingerprint density at radius 3 is 2.59 bits per heavy atom. The Hall–Kier alpha value is -2.70. The van der Waals surface area contributed by atoms with E-state index in [9.17, 15) is 14.0 Å². The second-order valence-corrected chi connectivity index (χ2v) is 5.26. The molecule has 1 aliphatic heterocycles.